The first-order valence-electron chi connectivity index (χ1n) is 10.2. The first kappa shape index (κ1) is 20.3. The van der Waals surface area contributed by atoms with Gasteiger partial charge in [0.1, 0.15) is 5.71 Å². The van der Waals surface area contributed by atoms with Gasteiger partial charge in [0.15, 0.2) is 0 Å². The topological polar surface area (TPSA) is 73.8 Å². The largest absolute Gasteiger partial charge is 0.350 e. The summed E-state index contributed by atoms with van der Waals surface area (Å²) in [6, 6.07) is 26.4. The molecule has 0 radical (unpaired) electrons. The molecule has 1 aliphatic rings. The Morgan fingerprint density at radius 2 is 1.55 bits per heavy atom. The molecule has 6 nitrogen and oxygen atoms in total. The number of hydrazone groups is 1. The van der Waals surface area contributed by atoms with Crippen LogP contribution in [0.2, 0.25) is 0 Å². The summed E-state index contributed by atoms with van der Waals surface area (Å²) in [5, 5.41) is 12.1. The minimum absolute atomic E-state index is 0.343. The fraction of sp³-hybridized carbons (Fsp3) is 0.160. The quantitative estimate of drug-likeness (QED) is 0.602. The zero-order valence-corrected chi connectivity index (χ0v) is 17.5. The van der Waals surface area contributed by atoms with Gasteiger partial charge in [0.25, 0.3) is 0 Å². The second-order valence-corrected chi connectivity index (χ2v) is 7.37. The number of hydrogen-bond acceptors (Lipinski definition) is 4. The van der Waals surface area contributed by atoms with Crippen molar-refractivity contribution >= 4 is 28.9 Å². The maximum atomic E-state index is 13.8. The van der Waals surface area contributed by atoms with Crippen LogP contribution in [-0.2, 0) is 16.0 Å². The second kappa shape index (κ2) is 8.44. The maximum Gasteiger partial charge on any atom is 0.300 e. The lowest BCUT2D eigenvalue weighted by molar-refractivity contribution is -0.127. The molecule has 31 heavy (non-hydrogen) atoms. The number of amides is 2. The van der Waals surface area contributed by atoms with E-state index in [1.165, 1.54) is 17.5 Å². The van der Waals surface area contributed by atoms with E-state index in [0.717, 1.165) is 12.0 Å². The zero-order valence-electron chi connectivity index (χ0n) is 17.5. The summed E-state index contributed by atoms with van der Waals surface area (Å²) in [5.74, 6) is -0.725. The summed E-state index contributed by atoms with van der Waals surface area (Å²) in [6.45, 7) is 3.48. The van der Waals surface area contributed by atoms with Crippen molar-refractivity contribution in [3.63, 3.8) is 0 Å². The molecule has 0 bridgehead atoms. The number of anilines is 2. The normalized spacial score (nSPS) is 17.9. The van der Waals surface area contributed by atoms with Crippen molar-refractivity contribution in [3.8, 4) is 0 Å². The fourth-order valence-corrected chi connectivity index (χ4v) is 3.66. The summed E-state index contributed by atoms with van der Waals surface area (Å²) in [4.78, 5) is 26.1. The Bertz CT molecular complexity index is 1110. The van der Waals surface area contributed by atoms with Crippen LogP contribution in [0, 0.1) is 0 Å². The van der Waals surface area contributed by atoms with Crippen LogP contribution in [-0.4, -0.2) is 23.2 Å². The lowest BCUT2D eigenvalue weighted by Gasteiger charge is -2.32. The average molecular weight is 412 g/mol. The van der Waals surface area contributed by atoms with Crippen LogP contribution in [0.1, 0.15) is 25.0 Å². The Kier molecular flexibility index (Phi) is 5.54. The van der Waals surface area contributed by atoms with Crippen molar-refractivity contribution in [2.75, 3.05) is 10.3 Å². The number of nitrogens with one attached hydrogen (secondary N) is 2. The molecule has 1 atom stereocenters. The monoisotopic (exact) mass is 412 g/mol. The third-order valence-corrected chi connectivity index (χ3v) is 5.17. The number of rotatable bonds is 6. The molecule has 2 N–H and O–H groups in total. The van der Waals surface area contributed by atoms with E-state index in [-0.39, 0.29) is 11.8 Å². The van der Waals surface area contributed by atoms with Crippen LogP contribution in [0.5, 0.6) is 0 Å². The van der Waals surface area contributed by atoms with Gasteiger partial charge in [0, 0.05) is 18.2 Å². The molecule has 0 aliphatic carbocycles. The van der Waals surface area contributed by atoms with Crippen molar-refractivity contribution < 1.29 is 9.59 Å². The van der Waals surface area contributed by atoms with Crippen LogP contribution in [0.25, 0.3) is 0 Å². The third-order valence-electron chi connectivity index (χ3n) is 5.17. The Hall–Kier alpha value is -3.93. The maximum absolute atomic E-state index is 13.8. The molecule has 2 amide bonds. The molecule has 0 saturated carbocycles. The molecular formula is C25H24N4O2. The minimum atomic E-state index is -1.54. The number of carbonyl (C=O) groups is 2. The molecule has 1 heterocycles. The molecule has 4 rings (SSSR count). The van der Waals surface area contributed by atoms with E-state index < -0.39 is 5.66 Å². The van der Waals surface area contributed by atoms with Crippen molar-refractivity contribution in [1.29, 1.82) is 0 Å². The average Bonchev–Trinajstić information content (AvgIpc) is 3.07. The Morgan fingerprint density at radius 3 is 2.13 bits per heavy atom. The number of nitrogens with zero attached hydrogens (tertiary/aromatic N) is 2. The number of aryl methyl sites for hydroxylation is 1. The molecule has 156 valence electrons. The van der Waals surface area contributed by atoms with E-state index in [9.17, 15) is 9.59 Å². The zero-order chi connectivity index (χ0) is 21.8. The highest BCUT2D eigenvalue weighted by Crippen LogP contribution is 2.31. The van der Waals surface area contributed by atoms with Crippen LogP contribution in [0.15, 0.2) is 90.0 Å². The second-order valence-electron chi connectivity index (χ2n) is 7.37. The molecule has 3 aromatic carbocycles. The first-order chi connectivity index (χ1) is 15.0. The smallest absolute Gasteiger partial charge is 0.300 e. The number of hydrogen-bond donors (Lipinski definition) is 2. The van der Waals surface area contributed by atoms with Gasteiger partial charge in [0.2, 0.25) is 11.6 Å². The number of para-hydroxylation sites is 1. The molecule has 0 spiro atoms. The molecule has 0 saturated heterocycles. The van der Waals surface area contributed by atoms with Gasteiger partial charge in [-0.1, -0.05) is 67.6 Å². The van der Waals surface area contributed by atoms with Gasteiger partial charge in [-0.2, -0.15) is 10.1 Å². The van der Waals surface area contributed by atoms with Crippen molar-refractivity contribution in [1.82, 2.24) is 5.32 Å². The Morgan fingerprint density at radius 1 is 0.935 bits per heavy atom. The van der Waals surface area contributed by atoms with Gasteiger partial charge < -0.3 is 10.6 Å². The van der Waals surface area contributed by atoms with Crippen LogP contribution < -0.4 is 15.6 Å². The molecule has 1 aliphatic heterocycles. The van der Waals surface area contributed by atoms with E-state index >= 15 is 0 Å². The van der Waals surface area contributed by atoms with E-state index in [4.69, 9.17) is 0 Å². The van der Waals surface area contributed by atoms with Crippen molar-refractivity contribution in [2.24, 2.45) is 5.10 Å². The highest BCUT2D eigenvalue weighted by molar-refractivity contribution is 6.30. The Balaban J connectivity index is 1.85. The fourth-order valence-electron chi connectivity index (χ4n) is 3.66. The lowest BCUT2D eigenvalue weighted by atomic mass is 9.95. The predicted octanol–water partition coefficient (Wildman–Crippen LogP) is 3.94. The number of benzene rings is 3. The summed E-state index contributed by atoms with van der Waals surface area (Å²) >= 11 is 0. The Labute approximate surface area is 181 Å². The molecular weight excluding hydrogens is 388 g/mol. The van der Waals surface area contributed by atoms with Gasteiger partial charge in [-0.15, -0.1) is 0 Å². The van der Waals surface area contributed by atoms with E-state index in [0.29, 0.717) is 17.1 Å². The molecule has 6 heteroatoms. The predicted molar refractivity (Wildman–Crippen MR) is 123 cm³/mol. The van der Waals surface area contributed by atoms with E-state index in [2.05, 4.69) is 22.7 Å². The van der Waals surface area contributed by atoms with Crippen LogP contribution >= 0.6 is 0 Å². The van der Waals surface area contributed by atoms with Crippen molar-refractivity contribution in [2.45, 2.75) is 25.9 Å². The van der Waals surface area contributed by atoms with E-state index in [1.807, 2.05) is 84.9 Å². The first-order valence-corrected chi connectivity index (χ1v) is 10.2. The van der Waals surface area contributed by atoms with Gasteiger partial charge in [-0.25, -0.2) is 0 Å². The van der Waals surface area contributed by atoms with Crippen molar-refractivity contribution in [3.05, 3.63) is 96.1 Å². The molecule has 1 unspecified atom stereocenters. The summed E-state index contributed by atoms with van der Waals surface area (Å²) in [5.41, 5.74) is 2.13. The standard InChI is InChI=1S/C25H24N4O2/c1-3-19-14-16-21(17-15-19)27-25(26-18(2)30)23(20-10-6-4-7-11-20)28-29(24(25)31)22-12-8-5-9-13-22/h4-17,27H,3H2,1-2H3,(H,26,30). The molecule has 3 aromatic rings. The lowest BCUT2D eigenvalue weighted by Crippen LogP contribution is -2.64. The third kappa shape index (κ3) is 3.92. The highest BCUT2D eigenvalue weighted by atomic mass is 16.2. The van der Waals surface area contributed by atoms with Crippen LogP contribution in [0.3, 0.4) is 0 Å². The summed E-state index contributed by atoms with van der Waals surface area (Å²) in [7, 11) is 0. The molecule has 0 fully saturated rings. The van der Waals surface area contributed by atoms with Gasteiger partial charge >= 0.3 is 5.91 Å². The molecule has 0 aromatic heterocycles. The van der Waals surface area contributed by atoms with E-state index in [1.54, 1.807) is 0 Å². The summed E-state index contributed by atoms with van der Waals surface area (Å²) in [6.07, 6.45) is 0.911. The van der Waals surface area contributed by atoms with Gasteiger partial charge in [-0.05, 0) is 36.2 Å². The van der Waals surface area contributed by atoms with Crippen LogP contribution in [0.4, 0.5) is 11.4 Å². The van der Waals surface area contributed by atoms with Gasteiger partial charge in [-0.3, -0.25) is 9.59 Å². The highest BCUT2D eigenvalue weighted by Gasteiger charge is 2.53. The number of carbonyl (C=O) groups excluding carboxylic acids is 2. The SMILES string of the molecule is CCc1ccc(NC2(NC(C)=O)C(=O)N(c3ccccc3)N=C2c2ccccc2)cc1. The minimum Gasteiger partial charge on any atom is -0.350 e. The summed E-state index contributed by atoms with van der Waals surface area (Å²) < 4.78 is 0. The van der Waals surface area contributed by atoms with Gasteiger partial charge in [0.05, 0.1) is 5.69 Å².